The lowest BCUT2D eigenvalue weighted by atomic mass is 9.83. The van der Waals surface area contributed by atoms with Crippen LogP contribution in [0.25, 0.3) is 0 Å². The predicted molar refractivity (Wildman–Crippen MR) is 113 cm³/mol. The molecule has 11 heteroatoms. The van der Waals surface area contributed by atoms with Crippen LogP contribution in [0.2, 0.25) is 0 Å². The predicted octanol–water partition coefficient (Wildman–Crippen LogP) is 3.29. The Morgan fingerprint density at radius 2 is 1.76 bits per heavy atom. The topological polar surface area (TPSA) is 75.6 Å². The molecule has 5 rings (SSSR count). The normalized spacial score (nSPS) is 24.9. The van der Waals surface area contributed by atoms with Crippen molar-refractivity contribution >= 4 is 10.0 Å². The van der Waals surface area contributed by atoms with Crippen molar-refractivity contribution in [2.45, 2.75) is 54.8 Å². The first-order valence-corrected chi connectivity index (χ1v) is 12.5. The summed E-state index contributed by atoms with van der Waals surface area (Å²) in [6.07, 6.45) is 2.99. The molecule has 0 unspecified atom stereocenters. The summed E-state index contributed by atoms with van der Waals surface area (Å²) in [7, 11) is -3.87. The summed E-state index contributed by atoms with van der Waals surface area (Å²) in [5, 5.41) is 0. The maximum Gasteiger partial charge on any atom is 0.416 e. The second-order valence-electron chi connectivity index (χ2n) is 8.92. The van der Waals surface area contributed by atoms with Gasteiger partial charge < -0.3 is 4.74 Å². The number of hydrogen-bond donors (Lipinski definition) is 0. The van der Waals surface area contributed by atoms with Crippen LogP contribution in [-0.2, 0) is 16.2 Å². The minimum atomic E-state index is -4.51. The van der Waals surface area contributed by atoms with Gasteiger partial charge in [0.05, 0.1) is 28.5 Å². The maximum absolute atomic E-state index is 13.0. The van der Waals surface area contributed by atoms with E-state index >= 15 is 0 Å². The summed E-state index contributed by atoms with van der Waals surface area (Å²) in [5.41, 5.74) is 0.132. The summed E-state index contributed by atoms with van der Waals surface area (Å²) in [6.45, 7) is 1.76. The molecule has 3 aliphatic rings. The zero-order valence-electron chi connectivity index (χ0n) is 17.9. The molecule has 0 bridgehead atoms. The number of fused-ring (bicyclic) bond motifs is 1. The lowest BCUT2D eigenvalue weighted by Crippen LogP contribution is -2.51. The largest absolute Gasteiger partial charge is 0.472 e. The highest BCUT2D eigenvalue weighted by Crippen LogP contribution is 2.35. The Bertz CT molecular complexity index is 1090. The minimum Gasteiger partial charge on any atom is -0.472 e. The molecule has 1 aromatic carbocycles. The number of nitrogens with zero attached hydrogens (tertiary/aromatic N) is 4. The molecule has 0 spiro atoms. The van der Waals surface area contributed by atoms with E-state index in [-0.39, 0.29) is 30.1 Å². The molecule has 2 aliphatic heterocycles. The van der Waals surface area contributed by atoms with E-state index in [1.807, 2.05) is 0 Å². The number of benzene rings is 1. The van der Waals surface area contributed by atoms with Crippen molar-refractivity contribution in [1.82, 2.24) is 19.2 Å². The van der Waals surface area contributed by atoms with Crippen LogP contribution in [0, 0.1) is 0 Å². The quantitative estimate of drug-likeness (QED) is 0.651. The minimum absolute atomic E-state index is 0.0183. The summed E-state index contributed by atoms with van der Waals surface area (Å²) in [6, 6.07) is 3.64. The molecule has 7 nitrogen and oxygen atoms in total. The van der Waals surface area contributed by atoms with Gasteiger partial charge in [-0.25, -0.2) is 13.4 Å². The van der Waals surface area contributed by atoms with Gasteiger partial charge in [-0.15, -0.1) is 0 Å². The first-order valence-electron chi connectivity index (χ1n) is 11.1. The number of piperazine rings is 1. The fraction of sp³-hybridized carbons (Fsp3) is 0.545. The Morgan fingerprint density at radius 1 is 1.00 bits per heavy atom. The Morgan fingerprint density at radius 3 is 2.36 bits per heavy atom. The van der Waals surface area contributed by atoms with E-state index < -0.39 is 21.8 Å². The van der Waals surface area contributed by atoms with Gasteiger partial charge >= 0.3 is 6.18 Å². The summed E-state index contributed by atoms with van der Waals surface area (Å²) in [4.78, 5) is 10.9. The van der Waals surface area contributed by atoms with Crippen molar-refractivity contribution in [2.75, 3.05) is 26.2 Å². The highest BCUT2D eigenvalue weighted by atomic mass is 32.2. The van der Waals surface area contributed by atoms with Crippen molar-refractivity contribution in [1.29, 1.82) is 0 Å². The van der Waals surface area contributed by atoms with Crippen LogP contribution in [0.15, 0.2) is 41.6 Å². The van der Waals surface area contributed by atoms with Gasteiger partial charge in [-0.05, 0) is 37.1 Å². The third-order valence-corrected chi connectivity index (χ3v) is 8.70. The van der Waals surface area contributed by atoms with Crippen molar-refractivity contribution in [3.05, 3.63) is 47.9 Å². The monoisotopic (exact) mass is 482 g/mol. The SMILES string of the molecule is O=S(=O)(c1ccc(C(F)(F)F)cc1)N1CCN2C[C@@H](Oc3cnc(C4CCC4)cn3)C[C@H]2C1. The fourth-order valence-corrected chi connectivity index (χ4v) is 6.18. The highest BCUT2D eigenvalue weighted by molar-refractivity contribution is 7.89. The Labute approximate surface area is 190 Å². The zero-order valence-corrected chi connectivity index (χ0v) is 18.7. The highest BCUT2D eigenvalue weighted by Gasteiger charge is 2.41. The summed E-state index contributed by atoms with van der Waals surface area (Å²) < 4.78 is 71.8. The Hall–Kier alpha value is -2.24. The molecule has 3 fully saturated rings. The average molecular weight is 483 g/mol. The van der Waals surface area contributed by atoms with Crippen LogP contribution in [0.3, 0.4) is 0 Å². The van der Waals surface area contributed by atoms with Gasteiger partial charge in [-0.1, -0.05) is 6.42 Å². The van der Waals surface area contributed by atoms with Crippen molar-refractivity contribution in [3.63, 3.8) is 0 Å². The zero-order chi connectivity index (χ0) is 23.2. The molecule has 2 saturated heterocycles. The lowest BCUT2D eigenvalue weighted by Gasteiger charge is -2.36. The van der Waals surface area contributed by atoms with E-state index in [4.69, 9.17) is 4.74 Å². The molecule has 1 saturated carbocycles. The molecule has 1 aromatic heterocycles. The third-order valence-electron chi connectivity index (χ3n) is 6.82. The number of aromatic nitrogens is 2. The fourth-order valence-electron chi connectivity index (χ4n) is 4.71. The lowest BCUT2D eigenvalue weighted by molar-refractivity contribution is -0.137. The first kappa shape index (κ1) is 22.5. The number of rotatable bonds is 5. The van der Waals surface area contributed by atoms with E-state index in [0.717, 1.165) is 42.8 Å². The molecule has 3 heterocycles. The molecule has 0 radical (unpaired) electrons. The molecular weight excluding hydrogens is 457 g/mol. The molecule has 1 aliphatic carbocycles. The molecule has 33 heavy (non-hydrogen) atoms. The van der Waals surface area contributed by atoms with E-state index in [1.54, 1.807) is 12.4 Å². The molecule has 0 N–H and O–H groups in total. The summed E-state index contributed by atoms with van der Waals surface area (Å²) >= 11 is 0. The Balaban J connectivity index is 1.21. The van der Waals surface area contributed by atoms with Gasteiger partial charge in [0.2, 0.25) is 15.9 Å². The van der Waals surface area contributed by atoms with Crippen LogP contribution < -0.4 is 4.74 Å². The van der Waals surface area contributed by atoms with E-state index in [2.05, 4.69) is 14.9 Å². The third kappa shape index (κ3) is 4.58. The number of ether oxygens (including phenoxy) is 1. The first-order chi connectivity index (χ1) is 15.7. The van der Waals surface area contributed by atoms with Crippen molar-refractivity contribution in [2.24, 2.45) is 0 Å². The number of sulfonamides is 1. The Kier molecular flexibility index (Phi) is 5.82. The van der Waals surface area contributed by atoms with E-state index in [9.17, 15) is 21.6 Å². The average Bonchev–Trinajstić information content (AvgIpc) is 3.15. The maximum atomic E-state index is 13.0. The van der Waals surface area contributed by atoms with Crippen LogP contribution in [0.1, 0.15) is 42.9 Å². The molecular formula is C22H25F3N4O3S. The van der Waals surface area contributed by atoms with E-state index in [1.165, 1.54) is 10.7 Å². The molecule has 2 aromatic rings. The van der Waals surface area contributed by atoms with Crippen LogP contribution in [0.5, 0.6) is 5.88 Å². The summed E-state index contributed by atoms with van der Waals surface area (Å²) in [5.74, 6) is 0.974. The number of halogens is 3. The standard InChI is InChI=1S/C22H25F3N4O3S/c23-22(24,25)16-4-6-19(7-5-16)33(30,31)29-9-8-28-14-18(10-17(28)13-29)32-21-12-26-20(11-27-21)15-2-1-3-15/h4-7,11-12,15,17-18H,1-3,8-10,13-14H2/t17-,18-/m0/s1. The van der Waals surface area contributed by atoms with Crippen LogP contribution in [0.4, 0.5) is 13.2 Å². The van der Waals surface area contributed by atoms with E-state index in [0.29, 0.717) is 31.3 Å². The van der Waals surface area contributed by atoms with Gasteiger partial charge in [0.25, 0.3) is 0 Å². The van der Waals surface area contributed by atoms with Crippen LogP contribution >= 0.6 is 0 Å². The van der Waals surface area contributed by atoms with Crippen LogP contribution in [-0.4, -0.2) is 65.9 Å². The van der Waals surface area contributed by atoms with Crippen molar-refractivity contribution in [3.8, 4) is 5.88 Å². The number of hydrogen-bond acceptors (Lipinski definition) is 6. The smallest absolute Gasteiger partial charge is 0.416 e. The second-order valence-corrected chi connectivity index (χ2v) is 10.9. The van der Waals surface area contributed by atoms with Gasteiger partial charge in [-0.2, -0.15) is 17.5 Å². The molecule has 0 amide bonds. The molecule has 2 atom stereocenters. The second kappa shape index (κ2) is 8.52. The molecule has 178 valence electrons. The number of alkyl halides is 3. The van der Waals surface area contributed by atoms with Gasteiger partial charge in [-0.3, -0.25) is 9.88 Å². The van der Waals surface area contributed by atoms with Gasteiger partial charge in [0.15, 0.2) is 0 Å². The van der Waals surface area contributed by atoms with Gasteiger partial charge in [0, 0.05) is 44.6 Å². The van der Waals surface area contributed by atoms with Crippen molar-refractivity contribution < 1.29 is 26.3 Å². The van der Waals surface area contributed by atoms with Gasteiger partial charge in [0.1, 0.15) is 6.10 Å².